The quantitative estimate of drug-likeness (QED) is 0.218. The van der Waals surface area contributed by atoms with Gasteiger partial charge in [0.05, 0.1) is 0 Å². The number of carboxylic acids is 1. The lowest BCUT2D eigenvalue weighted by molar-refractivity contribution is -0.134. The van der Waals surface area contributed by atoms with Gasteiger partial charge in [-0.05, 0) is 38.5 Å². The average Bonchev–Trinajstić information content (AvgIpc) is 2.62. The summed E-state index contributed by atoms with van der Waals surface area (Å²) in [5, 5.41) is 10.4. The Morgan fingerprint density at radius 2 is 1.19 bits per heavy atom. The standard InChI is InChI=1S/C21H41NO.C2H4O2/c1-3-5-6-7-8-9-10-11-12-13-14-15-16-17-18-19-21(23)22-20-4-2;1-2(3)4/h11-12H,3-10,13-20H2,1-2H3,(H,22,23);1H3,(H,3,4). The predicted molar refractivity (Wildman–Crippen MR) is 116 cm³/mol. The van der Waals surface area contributed by atoms with E-state index in [0.29, 0.717) is 6.42 Å². The number of hydrogen-bond acceptors (Lipinski definition) is 2. The van der Waals surface area contributed by atoms with Crippen molar-refractivity contribution in [3.63, 3.8) is 0 Å². The summed E-state index contributed by atoms with van der Waals surface area (Å²) in [6.45, 7) is 6.26. The maximum absolute atomic E-state index is 11.4. The number of aliphatic carboxylic acids is 1. The number of carbonyl (C=O) groups excluding carboxylic acids is 1. The molecule has 4 nitrogen and oxygen atoms in total. The summed E-state index contributed by atoms with van der Waals surface area (Å²) in [7, 11) is 0. The molecule has 2 N–H and O–H groups in total. The molecule has 0 rings (SSSR count). The van der Waals surface area contributed by atoms with Crippen molar-refractivity contribution in [3.05, 3.63) is 12.2 Å². The lowest BCUT2D eigenvalue weighted by atomic mass is 10.1. The van der Waals surface area contributed by atoms with Crippen LogP contribution in [0.1, 0.15) is 117 Å². The van der Waals surface area contributed by atoms with Crippen LogP contribution < -0.4 is 5.32 Å². The number of carboxylic acid groups (broad SMARTS) is 1. The Hall–Kier alpha value is -1.32. The smallest absolute Gasteiger partial charge is 0.300 e. The highest BCUT2D eigenvalue weighted by Crippen LogP contribution is 2.09. The normalized spacial score (nSPS) is 10.5. The van der Waals surface area contributed by atoms with Gasteiger partial charge in [-0.1, -0.05) is 77.4 Å². The molecule has 0 fully saturated rings. The van der Waals surface area contributed by atoms with Gasteiger partial charge >= 0.3 is 0 Å². The molecule has 0 radical (unpaired) electrons. The zero-order valence-corrected chi connectivity index (χ0v) is 18.2. The molecule has 0 spiro atoms. The molecule has 0 unspecified atom stereocenters. The van der Waals surface area contributed by atoms with Gasteiger partial charge in [-0.2, -0.15) is 0 Å². The Balaban J connectivity index is 0. The van der Waals surface area contributed by atoms with Crippen molar-refractivity contribution >= 4 is 11.9 Å². The first-order valence-electron chi connectivity index (χ1n) is 11.2. The van der Waals surface area contributed by atoms with Crippen molar-refractivity contribution in [3.8, 4) is 0 Å². The highest BCUT2D eigenvalue weighted by atomic mass is 16.4. The van der Waals surface area contributed by atoms with Gasteiger partial charge in [0.2, 0.25) is 5.91 Å². The third-order valence-electron chi connectivity index (χ3n) is 4.24. The summed E-state index contributed by atoms with van der Waals surface area (Å²) in [5.41, 5.74) is 0. The number of amides is 1. The van der Waals surface area contributed by atoms with E-state index in [4.69, 9.17) is 9.90 Å². The van der Waals surface area contributed by atoms with Crippen LogP contribution in [-0.2, 0) is 9.59 Å². The molecule has 0 aliphatic rings. The minimum Gasteiger partial charge on any atom is -0.481 e. The molecule has 0 aromatic heterocycles. The van der Waals surface area contributed by atoms with E-state index in [2.05, 4.69) is 31.3 Å². The number of carbonyl (C=O) groups is 2. The van der Waals surface area contributed by atoms with Crippen molar-refractivity contribution in [2.45, 2.75) is 117 Å². The van der Waals surface area contributed by atoms with Gasteiger partial charge in [-0.3, -0.25) is 9.59 Å². The predicted octanol–water partition coefficient (Wildman–Crippen LogP) is 6.64. The molecule has 4 heteroatoms. The van der Waals surface area contributed by atoms with E-state index in [1.165, 1.54) is 77.0 Å². The molecule has 0 saturated carbocycles. The fourth-order valence-electron chi connectivity index (χ4n) is 2.71. The molecule has 0 aromatic rings. The first-order valence-corrected chi connectivity index (χ1v) is 11.2. The van der Waals surface area contributed by atoms with Gasteiger partial charge in [0.25, 0.3) is 5.97 Å². The van der Waals surface area contributed by atoms with E-state index >= 15 is 0 Å². The van der Waals surface area contributed by atoms with Crippen LogP contribution in [0.25, 0.3) is 0 Å². The fourth-order valence-corrected chi connectivity index (χ4v) is 2.71. The van der Waals surface area contributed by atoms with E-state index in [9.17, 15) is 4.79 Å². The van der Waals surface area contributed by atoms with Gasteiger partial charge in [0.1, 0.15) is 0 Å². The summed E-state index contributed by atoms with van der Waals surface area (Å²) in [5.74, 6) is -0.607. The summed E-state index contributed by atoms with van der Waals surface area (Å²) < 4.78 is 0. The van der Waals surface area contributed by atoms with Crippen LogP contribution in [-0.4, -0.2) is 23.5 Å². The van der Waals surface area contributed by atoms with E-state index in [-0.39, 0.29) is 5.91 Å². The van der Waals surface area contributed by atoms with Gasteiger partial charge in [-0.15, -0.1) is 0 Å². The van der Waals surface area contributed by atoms with Gasteiger partial charge < -0.3 is 10.4 Å². The minimum atomic E-state index is -0.833. The number of nitrogens with one attached hydrogen (secondary N) is 1. The molecule has 0 aromatic carbocycles. The van der Waals surface area contributed by atoms with Crippen LogP contribution in [0, 0.1) is 0 Å². The molecule has 0 saturated heterocycles. The van der Waals surface area contributed by atoms with E-state index in [1.54, 1.807) is 0 Å². The van der Waals surface area contributed by atoms with E-state index in [1.807, 2.05) is 0 Å². The Bertz CT molecular complexity index is 350. The first-order chi connectivity index (χ1) is 13.0. The number of allylic oxidation sites excluding steroid dienone is 2. The van der Waals surface area contributed by atoms with Gasteiger partial charge in [-0.25, -0.2) is 0 Å². The van der Waals surface area contributed by atoms with Crippen LogP contribution in [0.3, 0.4) is 0 Å². The third-order valence-corrected chi connectivity index (χ3v) is 4.24. The molecule has 0 aliphatic carbocycles. The molecule has 0 bridgehead atoms. The highest BCUT2D eigenvalue weighted by molar-refractivity contribution is 5.75. The second-order valence-electron chi connectivity index (χ2n) is 7.20. The summed E-state index contributed by atoms with van der Waals surface area (Å²) in [6.07, 6.45) is 23.4. The van der Waals surface area contributed by atoms with Crippen molar-refractivity contribution in [2.75, 3.05) is 6.54 Å². The van der Waals surface area contributed by atoms with Gasteiger partial charge in [0.15, 0.2) is 0 Å². The SMILES string of the molecule is CC(=O)O.CCCCCCCCC=CCCCCCCCC(=O)NCCC. The Morgan fingerprint density at radius 3 is 1.67 bits per heavy atom. The molecule has 27 heavy (non-hydrogen) atoms. The number of hydrogen-bond donors (Lipinski definition) is 2. The van der Waals surface area contributed by atoms with Crippen LogP contribution in [0.15, 0.2) is 12.2 Å². The molecular formula is C23H45NO3. The zero-order chi connectivity index (χ0) is 20.6. The molecular weight excluding hydrogens is 338 g/mol. The summed E-state index contributed by atoms with van der Waals surface area (Å²) >= 11 is 0. The number of unbranched alkanes of at least 4 members (excludes halogenated alkanes) is 11. The summed E-state index contributed by atoms with van der Waals surface area (Å²) in [4.78, 5) is 20.4. The maximum atomic E-state index is 11.4. The largest absolute Gasteiger partial charge is 0.481 e. The van der Waals surface area contributed by atoms with E-state index in [0.717, 1.165) is 26.3 Å². The lowest BCUT2D eigenvalue weighted by Gasteiger charge is -2.03. The minimum absolute atomic E-state index is 0.226. The van der Waals surface area contributed by atoms with Crippen LogP contribution in [0.4, 0.5) is 0 Å². The Morgan fingerprint density at radius 1 is 0.741 bits per heavy atom. The Labute approximate surface area is 168 Å². The van der Waals surface area contributed by atoms with Crippen LogP contribution in [0.5, 0.6) is 0 Å². The average molecular weight is 384 g/mol. The third kappa shape index (κ3) is 32.8. The zero-order valence-electron chi connectivity index (χ0n) is 18.2. The summed E-state index contributed by atoms with van der Waals surface area (Å²) in [6, 6.07) is 0. The second-order valence-corrected chi connectivity index (χ2v) is 7.20. The second kappa shape index (κ2) is 24.7. The molecule has 160 valence electrons. The van der Waals surface area contributed by atoms with Crippen LogP contribution >= 0.6 is 0 Å². The molecule has 0 atom stereocenters. The molecule has 1 amide bonds. The van der Waals surface area contributed by atoms with Crippen molar-refractivity contribution in [1.82, 2.24) is 5.32 Å². The topological polar surface area (TPSA) is 66.4 Å². The Kier molecular flexibility index (Phi) is 25.5. The highest BCUT2D eigenvalue weighted by Gasteiger charge is 1.99. The monoisotopic (exact) mass is 383 g/mol. The van der Waals surface area contributed by atoms with Gasteiger partial charge in [0, 0.05) is 19.9 Å². The fraction of sp³-hybridized carbons (Fsp3) is 0.826. The molecule has 0 aliphatic heterocycles. The molecule has 0 heterocycles. The van der Waals surface area contributed by atoms with Crippen molar-refractivity contribution in [2.24, 2.45) is 0 Å². The van der Waals surface area contributed by atoms with Crippen molar-refractivity contribution < 1.29 is 14.7 Å². The van der Waals surface area contributed by atoms with Crippen molar-refractivity contribution in [1.29, 1.82) is 0 Å². The number of rotatable bonds is 17. The first kappa shape index (κ1) is 27.9. The van der Waals surface area contributed by atoms with Crippen LogP contribution in [0.2, 0.25) is 0 Å². The maximum Gasteiger partial charge on any atom is 0.300 e. The van der Waals surface area contributed by atoms with E-state index < -0.39 is 5.97 Å². The lowest BCUT2D eigenvalue weighted by Crippen LogP contribution is -2.23.